The predicted molar refractivity (Wildman–Crippen MR) is 123 cm³/mol. The first-order valence-electron chi connectivity index (χ1n) is 10.4. The van der Waals surface area contributed by atoms with Gasteiger partial charge in [0.15, 0.2) is 11.9 Å². The standard InChI is InChI=1S/C25H21N3O5/c1-13-22(15(3)33-27-13)18-10-19-17(11-21(18)31-4)23-24(20(12-29)26-19)32-25(30)28(23)14(2)16-8-6-5-7-9-16/h5-12,14H,1-4H3. The van der Waals surface area contributed by atoms with Crippen LogP contribution in [0.2, 0.25) is 0 Å². The van der Waals surface area contributed by atoms with Crippen molar-refractivity contribution >= 4 is 28.3 Å². The molecule has 0 aliphatic carbocycles. The quantitative estimate of drug-likeness (QED) is 0.358. The predicted octanol–water partition coefficient (Wildman–Crippen LogP) is 4.84. The van der Waals surface area contributed by atoms with Gasteiger partial charge in [-0.2, -0.15) is 0 Å². The number of aryl methyl sites for hydroxylation is 2. The van der Waals surface area contributed by atoms with Crippen molar-refractivity contribution in [3.05, 3.63) is 75.7 Å². The fraction of sp³-hybridized carbons (Fsp3) is 0.200. The van der Waals surface area contributed by atoms with Crippen LogP contribution in [0, 0.1) is 13.8 Å². The van der Waals surface area contributed by atoms with E-state index >= 15 is 0 Å². The average molecular weight is 443 g/mol. The number of carbonyl (C=O) groups is 1. The van der Waals surface area contributed by atoms with Crippen LogP contribution in [-0.4, -0.2) is 28.1 Å². The molecule has 0 fully saturated rings. The van der Waals surface area contributed by atoms with Gasteiger partial charge in [-0.15, -0.1) is 0 Å². The first-order chi connectivity index (χ1) is 15.9. The SMILES string of the molecule is COc1cc2c(cc1-c1c(C)noc1C)nc(C=O)c1oc(=O)n(C(C)c3ccccc3)c12. The van der Waals surface area contributed by atoms with Gasteiger partial charge >= 0.3 is 5.76 Å². The van der Waals surface area contributed by atoms with E-state index in [9.17, 15) is 9.59 Å². The molecule has 0 saturated heterocycles. The highest BCUT2D eigenvalue weighted by Crippen LogP contribution is 2.39. The van der Waals surface area contributed by atoms with E-state index < -0.39 is 5.76 Å². The average Bonchev–Trinajstić information content (AvgIpc) is 3.35. The fourth-order valence-corrected chi connectivity index (χ4v) is 4.39. The maximum atomic E-state index is 13.0. The summed E-state index contributed by atoms with van der Waals surface area (Å²) in [5.41, 5.74) is 4.39. The minimum atomic E-state index is -0.562. The first kappa shape index (κ1) is 20.7. The highest BCUT2D eigenvalue weighted by Gasteiger charge is 2.25. The van der Waals surface area contributed by atoms with Crippen LogP contribution in [-0.2, 0) is 0 Å². The first-order valence-corrected chi connectivity index (χ1v) is 10.4. The van der Waals surface area contributed by atoms with Crippen LogP contribution >= 0.6 is 0 Å². The number of ether oxygens (including phenoxy) is 1. The van der Waals surface area contributed by atoms with Gasteiger partial charge in [-0.25, -0.2) is 9.78 Å². The molecule has 2 aromatic carbocycles. The Morgan fingerprint density at radius 1 is 1.15 bits per heavy atom. The van der Waals surface area contributed by atoms with Crippen LogP contribution in [0.25, 0.3) is 33.1 Å². The van der Waals surface area contributed by atoms with Gasteiger partial charge in [-0.3, -0.25) is 9.36 Å². The smallest absolute Gasteiger partial charge is 0.420 e. The molecule has 3 heterocycles. The number of oxazole rings is 1. The largest absolute Gasteiger partial charge is 0.496 e. The molecular weight excluding hydrogens is 422 g/mol. The van der Waals surface area contributed by atoms with Crippen LogP contribution in [0.4, 0.5) is 0 Å². The molecule has 166 valence electrons. The Hall–Kier alpha value is -4.20. The van der Waals surface area contributed by atoms with Crippen molar-refractivity contribution in [2.24, 2.45) is 0 Å². The van der Waals surface area contributed by atoms with Gasteiger partial charge in [0.05, 0.1) is 29.9 Å². The molecule has 1 unspecified atom stereocenters. The summed E-state index contributed by atoms with van der Waals surface area (Å²) >= 11 is 0. The Kier molecular flexibility index (Phi) is 4.85. The van der Waals surface area contributed by atoms with Crippen molar-refractivity contribution in [3.8, 4) is 16.9 Å². The number of nitrogens with zero attached hydrogens (tertiary/aromatic N) is 3. The summed E-state index contributed by atoms with van der Waals surface area (Å²) < 4.78 is 18.1. The fourth-order valence-electron chi connectivity index (χ4n) is 4.39. The monoisotopic (exact) mass is 443 g/mol. The second-order valence-corrected chi connectivity index (χ2v) is 7.89. The third kappa shape index (κ3) is 3.14. The maximum absolute atomic E-state index is 13.0. The minimum Gasteiger partial charge on any atom is -0.496 e. The lowest BCUT2D eigenvalue weighted by molar-refractivity contribution is 0.112. The Labute approximate surface area is 188 Å². The van der Waals surface area contributed by atoms with Crippen LogP contribution in [0.3, 0.4) is 0 Å². The second-order valence-electron chi connectivity index (χ2n) is 7.89. The zero-order valence-electron chi connectivity index (χ0n) is 18.6. The molecule has 8 heteroatoms. The Balaban J connectivity index is 1.89. The summed E-state index contributed by atoms with van der Waals surface area (Å²) in [7, 11) is 1.57. The van der Waals surface area contributed by atoms with Crippen molar-refractivity contribution < 1.29 is 18.5 Å². The summed E-state index contributed by atoms with van der Waals surface area (Å²) in [6.45, 7) is 5.58. The van der Waals surface area contributed by atoms with Crippen LogP contribution in [0.5, 0.6) is 5.75 Å². The lowest BCUT2D eigenvalue weighted by atomic mass is 10.00. The van der Waals surface area contributed by atoms with Crippen molar-refractivity contribution in [1.29, 1.82) is 0 Å². The van der Waals surface area contributed by atoms with Gasteiger partial charge in [-0.1, -0.05) is 35.5 Å². The number of methoxy groups -OCH3 is 1. The lowest BCUT2D eigenvalue weighted by Gasteiger charge is -2.15. The molecule has 0 aliphatic rings. The number of fused-ring (bicyclic) bond motifs is 3. The topological polar surface area (TPSA) is 100 Å². The molecule has 3 aromatic heterocycles. The van der Waals surface area contributed by atoms with E-state index in [0.717, 1.165) is 16.7 Å². The highest BCUT2D eigenvalue weighted by molar-refractivity contribution is 6.08. The third-order valence-electron chi connectivity index (χ3n) is 5.97. The molecule has 5 aromatic rings. The summed E-state index contributed by atoms with van der Waals surface area (Å²) in [5.74, 6) is 0.638. The molecule has 1 atom stereocenters. The van der Waals surface area contributed by atoms with E-state index in [1.165, 1.54) is 0 Å². The zero-order valence-corrected chi connectivity index (χ0v) is 18.6. The van der Waals surface area contributed by atoms with E-state index in [0.29, 0.717) is 39.9 Å². The zero-order chi connectivity index (χ0) is 23.3. The number of hydrogen-bond donors (Lipinski definition) is 0. The summed E-state index contributed by atoms with van der Waals surface area (Å²) in [4.78, 5) is 29.3. The molecule has 0 bridgehead atoms. The summed E-state index contributed by atoms with van der Waals surface area (Å²) in [6.07, 6.45) is 0.599. The van der Waals surface area contributed by atoms with Crippen molar-refractivity contribution in [2.75, 3.05) is 7.11 Å². The van der Waals surface area contributed by atoms with Crippen molar-refractivity contribution in [3.63, 3.8) is 0 Å². The normalized spacial score (nSPS) is 12.4. The molecular formula is C25H21N3O5. The van der Waals surface area contributed by atoms with Crippen molar-refractivity contribution in [1.82, 2.24) is 14.7 Å². The maximum Gasteiger partial charge on any atom is 0.420 e. The van der Waals surface area contributed by atoms with E-state index in [2.05, 4.69) is 10.1 Å². The molecule has 0 saturated carbocycles. The number of carbonyl (C=O) groups excluding carboxylic acids is 1. The number of benzene rings is 2. The molecule has 33 heavy (non-hydrogen) atoms. The number of aldehydes is 1. The minimum absolute atomic E-state index is 0.0588. The number of pyridine rings is 1. The highest BCUT2D eigenvalue weighted by atomic mass is 16.5. The summed E-state index contributed by atoms with van der Waals surface area (Å²) in [5, 5.41) is 4.67. The Morgan fingerprint density at radius 2 is 1.91 bits per heavy atom. The van der Waals surface area contributed by atoms with Crippen LogP contribution in [0.1, 0.15) is 40.5 Å². The van der Waals surface area contributed by atoms with Gasteiger partial charge in [-0.05, 0) is 38.5 Å². The molecule has 8 nitrogen and oxygen atoms in total. The number of aromatic nitrogens is 3. The van der Waals surface area contributed by atoms with Gasteiger partial charge in [0.1, 0.15) is 22.7 Å². The van der Waals surface area contributed by atoms with Gasteiger partial charge < -0.3 is 13.7 Å². The third-order valence-corrected chi connectivity index (χ3v) is 5.97. The number of rotatable bonds is 5. The molecule has 0 amide bonds. The molecule has 0 aliphatic heterocycles. The molecule has 0 spiro atoms. The van der Waals surface area contributed by atoms with Gasteiger partial charge in [0, 0.05) is 10.9 Å². The summed E-state index contributed by atoms with van der Waals surface area (Å²) in [6, 6.07) is 12.9. The van der Waals surface area contributed by atoms with Crippen LogP contribution < -0.4 is 10.5 Å². The Bertz CT molecular complexity index is 1560. The molecule has 0 radical (unpaired) electrons. The Morgan fingerprint density at radius 3 is 2.55 bits per heavy atom. The van der Waals surface area contributed by atoms with E-state index in [4.69, 9.17) is 13.7 Å². The van der Waals surface area contributed by atoms with Gasteiger partial charge in [0.2, 0.25) is 0 Å². The van der Waals surface area contributed by atoms with E-state index in [-0.39, 0.29) is 17.3 Å². The number of hydrogen-bond acceptors (Lipinski definition) is 7. The lowest BCUT2D eigenvalue weighted by Crippen LogP contribution is -2.19. The molecule has 5 rings (SSSR count). The second kappa shape index (κ2) is 7.74. The van der Waals surface area contributed by atoms with E-state index in [1.807, 2.05) is 63.2 Å². The van der Waals surface area contributed by atoms with Crippen LogP contribution in [0.15, 0.2) is 56.2 Å². The van der Waals surface area contributed by atoms with E-state index in [1.54, 1.807) is 11.7 Å². The molecule has 0 N–H and O–H groups in total. The van der Waals surface area contributed by atoms with Crippen molar-refractivity contribution in [2.45, 2.75) is 26.8 Å². The van der Waals surface area contributed by atoms with Gasteiger partial charge in [0.25, 0.3) is 0 Å².